The van der Waals surface area contributed by atoms with E-state index in [4.69, 9.17) is 0 Å². The molecule has 3 fully saturated rings. The number of hydrogen-bond donors (Lipinski definition) is 0. The van der Waals surface area contributed by atoms with E-state index in [1.165, 1.54) is 32.1 Å². The maximum absolute atomic E-state index is 14.7. The summed E-state index contributed by atoms with van der Waals surface area (Å²) in [5.41, 5.74) is 0. The lowest BCUT2D eigenvalue weighted by atomic mass is 9.64. The molecular formula is C19H31F3. The number of rotatable bonds is 2. The first-order valence-corrected chi connectivity index (χ1v) is 9.50. The third-order valence-corrected chi connectivity index (χ3v) is 6.94. The Kier molecular flexibility index (Phi) is 5.39. The fraction of sp³-hybridized carbons (Fsp3) is 1.00. The summed E-state index contributed by atoms with van der Waals surface area (Å²) in [6, 6.07) is 0. The molecule has 0 aromatic heterocycles. The molecule has 0 nitrogen and oxygen atoms in total. The SMILES string of the molecule is CC1CCC(C2CCC(C3CCCCC3)CC2F)C(F)C1F. The summed E-state index contributed by atoms with van der Waals surface area (Å²) in [6.45, 7) is 1.78. The minimum Gasteiger partial charge on any atom is -0.247 e. The van der Waals surface area contributed by atoms with E-state index in [9.17, 15) is 13.2 Å². The van der Waals surface area contributed by atoms with Crippen molar-refractivity contribution in [2.24, 2.45) is 29.6 Å². The highest BCUT2D eigenvalue weighted by molar-refractivity contribution is 4.95. The van der Waals surface area contributed by atoms with Crippen LogP contribution < -0.4 is 0 Å². The van der Waals surface area contributed by atoms with E-state index in [1.54, 1.807) is 6.92 Å². The lowest BCUT2D eigenvalue weighted by Gasteiger charge is -2.44. The van der Waals surface area contributed by atoms with E-state index in [1.807, 2.05) is 0 Å². The minimum atomic E-state index is -1.45. The summed E-state index contributed by atoms with van der Waals surface area (Å²) in [5, 5.41) is 0. The highest BCUT2D eigenvalue weighted by atomic mass is 19.2. The molecule has 128 valence electrons. The predicted octanol–water partition coefficient (Wildman–Crippen LogP) is 6.04. The van der Waals surface area contributed by atoms with Crippen molar-refractivity contribution < 1.29 is 13.2 Å². The van der Waals surface area contributed by atoms with E-state index < -0.39 is 18.5 Å². The maximum Gasteiger partial charge on any atom is 0.135 e. The van der Waals surface area contributed by atoms with Crippen molar-refractivity contribution in [1.82, 2.24) is 0 Å². The van der Waals surface area contributed by atoms with E-state index in [2.05, 4.69) is 0 Å². The fourth-order valence-corrected chi connectivity index (χ4v) is 5.46. The van der Waals surface area contributed by atoms with Crippen LogP contribution in [0.4, 0.5) is 13.2 Å². The minimum absolute atomic E-state index is 0.206. The lowest BCUT2D eigenvalue weighted by Crippen LogP contribution is -2.45. The van der Waals surface area contributed by atoms with Crippen molar-refractivity contribution in [1.29, 1.82) is 0 Å². The Morgan fingerprint density at radius 1 is 0.636 bits per heavy atom. The van der Waals surface area contributed by atoms with Gasteiger partial charge >= 0.3 is 0 Å². The van der Waals surface area contributed by atoms with Crippen LogP contribution in [0.3, 0.4) is 0 Å². The number of alkyl halides is 3. The molecule has 0 aromatic carbocycles. The van der Waals surface area contributed by atoms with Gasteiger partial charge in [-0.1, -0.05) is 39.0 Å². The number of halogens is 3. The monoisotopic (exact) mass is 316 g/mol. The van der Waals surface area contributed by atoms with Crippen LogP contribution in [0.15, 0.2) is 0 Å². The van der Waals surface area contributed by atoms with Gasteiger partial charge in [0.2, 0.25) is 0 Å². The average molecular weight is 316 g/mol. The molecule has 0 aromatic rings. The van der Waals surface area contributed by atoms with Crippen molar-refractivity contribution in [3.05, 3.63) is 0 Å². The second-order valence-electron chi connectivity index (χ2n) is 8.26. The Morgan fingerprint density at radius 2 is 1.32 bits per heavy atom. The van der Waals surface area contributed by atoms with Gasteiger partial charge in [-0.2, -0.15) is 0 Å². The van der Waals surface area contributed by atoms with Crippen LogP contribution in [0.5, 0.6) is 0 Å². The van der Waals surface area contributed by atoms with Gasteiger partial charge in [-0.15, -0.1) is 0 Å². The van der Waals surface area contributed by atoms with E-state index in [0.29, 0.717) is 31.1 Å². The van der Waals surface area contributed by atoms with Crippen molar-refractivity contribution in [2.45, 2.75) is 89.6 Å². The Labute approximate surface area is 133 Å². The molecule has 7 atom stereocenters. The fourth-order valence-electron chi connectivity index (χ4n) is 5.46. The first-order valence-electron chi connectivity index (χ1n) is 9.50. The molecule has 3 aliphatic carbocycles. The van der Waals surface area contributed by atoms with Gasteiger partial charge in [0.1, 0.15) is 18.5 Å². The summed E-state index contributed by atoms with van der Waals surface area (Å²) in [7, 11) is 0. The van der Waals surface area contributed by atoms with Gasteiger partial charge in [-0.3, -0.25) is 0 Å². The molecule has 0 radical (unpaired) electrons. The molecule has 0 amide bonds. The summed E-state index contributed by atoms with van der Waals surface area (Å²) in [6.07, 6.45) is 6.45. The molecule has 0 saturated heterocycles. The summed E-state index contributed by atoms with van der Waals surface area (Å²) in [5.74, 6) is 0.361. The normalized spacial score (nSPS) is 48.3. The highest BCUT2D eigenvalue weighted by Crippen LogP contribution is 2.47. The van der Waals surface area contributed by atoms with Crippen LogP contribution in [0.2, 0.25) is 0 Å². The standard InChI is InChI=1S/C19H31F3/c1-12-7-9-16(19(22)18(12)21)15-10-8-14(11-17(15)20)13-5-3-2-4-6-13/h12-19H,2-11H2,1H3. The molecule has 0 heterocycles. The Morgan fingerprint density at radius 3 is 2.00 bits per heavy atom. The van der Waals surface area contributed by atoms with Crippen LogP contribution in [-0.2, 0) is 0 Å². The molecule has 0 spiro atoms. The molecule has 3 heteroatoms. The van der Waals surface area contributed by atoms with Crippen LogP contribution in [0.25, 0.3) is 0 Å². The summed E-state index contributed by atoms with van der Waals surface area (Å²) in [4.78, 5) is 0. The van der Waals surface area contributed by atoms with Gasteiger partial charge < -0.3 is 0 Å². The quantitative estimate of drug-likeness (QED) is 0.582. The first kappa shape index (κ1) is 16.6. The molecule has 0 N–H and O–H groups in total. The van der Waals surface area contributed by atoms with E-state index in [-0.39, 0.29) is 17.8 Å². The van der Waals surface area contributed by atoms with Gasteiger partial charge in [0, 0.05) is 0 Å². The zero-order valence-corrected chi connectivity index (χ0v) is 13.8. The van der Waals surface area contributed by atoms with Crippen LogP contribution in [-0.4, -0.2) is 18.5 Å². The first-order chi connectivity index (χ1) is 10.6. The molecule has 22 heavy (non-hydrogen) atoms. The van der Waals surface area contributed by atoms with Crippen LogP contribution in [0, 0.1) is 29.6 Å². The molecule has 3 aliphatic rings. The largest absolute Gasteiger partial charge is 0.247 e. The average Bonchev–Trinajstić information content (AvgIpc) is 2.54. The third kappa shape index (κ3) is 3.33. The summed E-state index contributed by atoms with van der Waals surface area (Å²) >= 11 is 0. The second kappa shape index (κ2) is 7.13. The van der Waals surface area contributed by atoms with E-state index >= 15 is 0 Å². The Balaban J connectivity index is 1.58. The van der Waals surface area contributed by atoms with Gasteiger partial charge in [0.05, 0.1) is 0 Å². The van der Waals surface area contributed by atoms with Gasteiger partial charge in [0.15, 0.2) is 0 Å². The van der Waals surface area contributed by atoms with Gasteiger partial charge in [0.25, 0.3) is 0 Å². The number of hydrogen-bond acceptors (Lipinski definition) is 0. The molecule has 7 unspecified atom stereocenters. The zero-order chi connectivity index (χ0) is 15.7. The third-order valence-electron chi connectivity index (χ3n) is 6.94. The molecule has 0 bridgehead atoms. The van der Waals surface area contributed by atoms with Crippen molar-refractivity contribution in [3.8, 4) is 0 Å². The predicted molar refractivity (Wildman–Crippen MR) is 84.0 cm³/mol. The Bertz CT molecular complexity index is 353. The molecule has 3 rings (SSSR count). The van der Waals surface area contributed by atoms with Gasteiger partial charge in [-0.05, 0) is 61.7 Å². The Hall–Kier alpha value is -0.210. The maximum atomic E-state index is 14.7. The molecular weight excluding hydrogens is 285 g/mol. The lowest BCUT2D eigenvalue weighted by molar-refractivity contribution is -0.0369. The molecule has 0 aliphatic heterocycles. The van der Waals surface area contributed by atoms with Crippen molar-refractivity contribution in [3.63, 3.8) is 0 Å². The molecule has 3 saturated carbocycles. The van der Waals surface area contributed by atoms with Crippen molar-refractivity contribution >= 4 is 0 Å². The van der Waals surface area contributed by atoms with Crippen molar-refractivity contribution in [2.75, 3.05) is 0 Å². The smallest absolute Gasteiger partial charge is 0.135 e. The van der Waals surface area contributed by atoms with Crippen LogP contribution >= 0.6 is 0 Å². The van der Waals surface area contributed by atoms with Crippen LogP contribution in [0.1, 0.15) is 71.1 Å². The summed E-state index contributed by atoms with van der Waals surface area (Å²) < 4.78 is 43.1. The second-order valence-corrected chi connectivity index (χ2v) is 8.26. The van der Waals surface area contributed by atoms with E-state index in [0.717, 1.165) is 12.8 Å². The zero-order valence-electron chi connectivity index (χ0n) is 13.8. The highest BCUT2D eigenvalue weighted by Gasteiger charge is 2.46. The topological polar surface area (TPSA) is 0 Å². The van der Waals surface area contributed by atoms with Gasteiger partial charge in [-0.25, -0.2) is 13.2 Å².